The van der Waals surface area contributed by atoms with Crippen molar-refractivity contribution in [2.75, 3.05) is 13.7 Å². The molecule has 212 valence electrons. The van der Waals surface area contributed by atoms with Gasteiger partial charge < -0.3 is 14.0 Å². The first-order valence-electron chi connectivity index (χ1n) is 13.3. The van der Waals surface area contributed by atoms with Gasteiger partial charge in [-0.2, -0.15) is 0 Å². The minimum atomic E-state index is -0.697. The highest BCUT2D eigenvalue weighted by Gasteiger charge is 2.33. The fourth-order valence-corrected chi connectivity index (χ4v) is 6.89. The summed E-state index contributed by atoms with van der Waals surface area (Å²) < 4.78 is 15.9. The topological polar surface area (TPSA) is 74.8 Å². The van der Waals surface area contributed by atoms with Crippen LogP contribution in [0.4, 0.5) is 0 Å². The number of aromatic nitrogens is 2. The molecule has 0 unspecified atom stereocenters. The first kappa shape index (κ1) is 28.8. The highest BCUT2D eigenvalue weighted by atomic mass is 79.9. The van der Waals surface area contributed by atoms with Crippen molar-refractivity contribution in [3.8, 4) is 11.4 Å². The number of halogens is 1. The van der Waals surface area contributed by atoms with Crippen molar-refractivity contribution < 1.29 is 14.3 Å². The van der Waals surface area contributed by atoms with Crippen molar-refractivity contribution >= 4 is 39.3 Å². The largest absolute Gasteiger partial charge is 0.496 e. The van der Waals surface area contributed by atoms with Crippen LogP contribution in [-0.2, 0) is 9.53 Å². The van der Waals surface area contributed by atoms with Gasteiger partial charge in [-0.15, -0.1) is 0 Å². The van der Waals surface area contributed by atoms with E-state index in [4.69, 9.17) is 14.5 Å². The van der Waals surface area contributed by atoms with Crippen LogP contribution in [0, 0.1) is 27.7 Å². The van der Waals surface area contributed by atoms with Gasteiger partial charge in [-0.25, -0.2) is 9.79 Å². The maximum atomic E-state index is 14.1. The van der Waals surface area contributed by atoms with Crippen LogP contribution < -0.4 is 19.6 Å². The number of methoxy groups -OCH3 is 1. The molecule has 0 aliphatic carbocycles. The number of aryl methyl sites for hydroxylation is 3. The second-order valence-corrected chi connectivity index (χ2v) is 12.0. The number of carbonyl (C=O) groups is 1. The molecule has 0 radical (unpaired) electrons. The van der Waals surface area contributed by atoms with Crippen molar-refractivity contribution in [2.45, 2.75) is 47.6 Å². The number of nitrogens with zero attached hydrogens (tertiary/aromatic N) is 3. The number of carbonyl (C=O) groups excluding carboxylic acids is 1. The Morgan fingerprint density at radius 3 is 2.49 bits per heavy atom. The van der Waals surface area contributed by atoms with Gasteiger partial charge in [0.2, 0.25) is 0 Å². The van der Waals surface area contributed by atoms with Crippen molar-refractivity contribution in [2.24, 2.45) is 4.99 Å². The van der Waals surface area contributed by atoms with Crippen LogP contribution in [0.5, 0.6) is 5.75 Å². The average molecular weight is 635 g/mol. The fraction of sp³-hybridized carbons (Fsp3) is 0.281. The maximum Gasteiger partial charge on any atom is 0.338 e. The smallest absolute Gasteiger partial charge is 0.338 e. The van der Waals surface area contributed by atoms with E-state index in [1.54, 1.807) is 25.5 Å². The fourth-order valence-electron chi connectivity index (χ4n) is 5.30. The summed E-state index contributed by atoms with van der Waals surface area (Å²) in [6.45, 7) is 12.1. The van der Waals surface area contributed by atoms with E-state index in [0.29, 0.717) is 26.4 Å². The number of allylic oxidation sites excluding steroid dienone is 1. The molecule has 1 aliphatic heterocycles. The number of benzene rings is 2. The Labute approximate surface area is 251 Å². The molecule has 0 fully saturated rings. The molecule has 5 rings (SSSR count). The minimum absolute atomic E-state index is 0.212. The number of esters is 1. The molecule has 3 heterocycles. The second kappa shape index (κ2) is 11.3. The lowest BCUT2D eigenvalue weighted by Gasteiger charge is -2.25. The average Bonchev–Trinajstić information content (AvgIpc) is 3.38. The molecule has 0 saturated heterocycles. The third-order valence-electron chi connectivity index (χ3n) is 7.51. The van der Waals surface area contributed by atoms with Crippen LogP contribution in [0.3, 0.4) is 0 Å². The molecule has 0 spiro atoms. The van der Waals surface area contributed by atoms with E-state index in [0.717, 1.165) is 32.7 Å². The first-order chi connectivity index (χ1) is 19.5. The first-order valence-corrected chi connectivity index (χ1v) is 15.0. The Morgan fingerprint density at radius 1 is 1.07 bits per heavy atom. The molecule has 0 saturated carbocycles. The van der Waals surface area contributed by atoms with E-state index in [1.807, 2.05) is 24.3 Å². The normalized spacial score (nSPS) is 15.1. The van der Waals surface area contributed by atoms with Gasteiger partial charge in [-0.05, 0) is 116 Å². The van der Waals surface area contributed by atoms with Crippen LogP contribution in [0.15, 0.2) is 68.0 Å². The standard InChI is InChI=1S/C32H32BrN3O4S/c1-8-40-31(38)28-20(5)34-32-36(29(28)22-10-12-26(39-7)25(33)15-22)30(37)27(41-32)16-23-14-19(4)35(21(23)6)24-11-9-17(2)18(3)13-24/h9-16,29H,8H2,1-7H3/b27-16+/t29-/m0/s1. The molecule has 2 aromatic carbocycles. The lowest BCUT2D eigenvalue weighted by Crippen LogP contribution is -2.40. The summed E-state index contributed by atoms with van der Waals surface area (Å²) >= 11 is 4.87. The molecule has 0 bridgehead atoms. The molecule has 41 heavy (non-hydrogen) atoms. The van der Waals surface area contributed by atoms with Crippen LogP contribution in [0.2, 0.25) is 0 Å². The third-order valence-corrected chi connectivity index (χ3v) is 9.12. The van der Waals surface area contributed by atoms with Crippen LogP contribution in [0.25, 0.3) is 11.8 Å². The predicted molar refractivity (Wildman–Crippen MR) is 166 cm³/mol. The molecule has 1 aliphatic rings. The minimum Gasteiger partial charge on any atom is -0.496 e. The number of hydrogen-bond acceptors (Lipinski definition) is 6. The van der Waals surface area contributed by atoms with Crippen LogP contribution >= 0.6 is 27.3 Å². The molecular formula is C32H32BrN3O4S. The van der Waals surface area contributed by atoms with Gasteiger partial charge >= 0.3 is 5.97 Å². The van der Waals surface area contributed by atoms with Crippen molar-refractivity contribution in [1.82, 2.24) is 9.13 Å². The molecule has 2 aromatic heterocycles. The number of hydrogen-bond donors (Lipinski definition) is 0. The summed E-state index contributed by atoms with van der Waals surface area (Å²) in [5.41, 5.74) is 8.03. The van der Waals surface area contributed by atoms with Gasteiger partial charge in [-0.3, -0.25) is 9.36 Å². The highest BCUT2D eigenvalue weighted by molar-refractivity contribution is 9.10. The predicted octanol–water partition coefficient (Wildman–Crippen LogP) is 5.59. The van der Waals surface area contributed by atoms with Gasteiger partial charge in [0.25, 0.3) is 5.56 Å². The van der Waals surface area contributed by atoms with Crippen LogP contribution in [-0.4, -0.2) is 28.8 Å². The van der Waals surface area contributed by atoms with Gasteiger partial charge in [0, 0.05) is 17.1 Å². The van der Waals surface area contributed by atoms with E-state index in [9.17, 15) is 9.59 Å². The number of ether oxygens (including phenoxy) is 2. The summed E-state index contributed by atoms with van der Waals surface area (Å²) in [5.74, 6) is 0.163. The Kier molecular flexibility index (Phi) is 7.94. The molecule has 4 aromatic rings. The van der Waals surface area contributed by atoms with E-state index in [1.165, 1.54) is 22.5 Å². The van der Waals surface area contributed by atoms with Crippen LogP contribution in [0.1, 0.15) is 53.5 Å². The quantitative estimate of drug-likeness (QED) is 0.259. The summed E-state index contributed by atoms with van der Waals surface area (Å²) in [7, 11) is 1.59. The van der Waals surface area contributed by atoms with E-state index in [2.05, 4.69) is 72.5 Å². The number of rotatable bonds is 6. The monoisotopic (exact) mass is 633 g/mol. The summed E-state index contributed by atoms with van der Waals surface area (Å²) in [5, 5.41) is 0. The SMILES string of the molecule is CCOC(=O)C1=C(C)N=c2s/c(=C/c3cc(C)n(-c4ccc(C)c(C)c4)c3C)c(=O)n2[C@H]1c1ccc(OC)c(Br)c1. The second-order valence-electron chi connectivity index (χ2n) is 10.1. The lowest BCUT2D eigenvalue weighted by atomic mass is 9.96. The van der Waals surface area contributed by atoms with Crippen molar-refractivity contribution in [1.29, 1.82) is 0 Å². The molecule has 1 atom stereocenters. The molecule has 7 nitrogen and oxygen atoms in total. The maximum absolute atomic E-state index is 14.1. The zero-order chi connectivity index (χ0) is 29.6. The zero-order valence-electron chi connectivity index (χ0n) is 24.2. The van der Waals surface area contributed by atoms with Gasteiger partial charge in [0.15, 0.2) is 4.80 Å². The van der Waals surface area contributed by atoms with Gasteiger partial charge in [0.1, 0.15) is 5.75 Å². The number of fused-ring (bicyclic) bond motifs is 1. The Balaban J connectivity index is 1.70. The summed E-state index contributed by atoms with van der Waals surface area (Å²) in [6.07, 6.45) is 1.92. The van der Waals surface area contributed by atoms with Gasteiger partial charge in [-0.1, -0.05) is 23.5 Å². The Hall–Kier alpha value is -3.69. The van der Waals surface area contributed by atoms with E-state index >= 15 is 0 Å². The van der Waals surface area contributed by atoms with E-state index < -0.39 is 12.0 Å². The van der Waals surface area contributed by atoms with Crippen molar-refractivity contribution in [3.05, 3.63) is 112 Å². The highest BCUT2D eigenvalue weighted by Crippen LogP contribution is 2.35. The summed E-state index contributed by atoms with van der Waals surface area (Å²) in [6, 6.07) is 13.4. The molecule has 9 heteroatoms. The molecular weight excluding hydrogens is 602 g/mol. The Morgan fingerprint density at radius 2 is 1.83 bits per heavy atom. The van der Waals surface area contributed by atoms with E-state index in [-0.39, 0.29) is 12.2 Å². The zero-order valence-corrected chi connectivity index (χ0v) is 26.6. The Bertz CT molecular complexity index is 1910. The van der Waals surface area contributed by atoms with Gasteiger partial charge in [0.05, 0.1) is 40.0 Å². The van der Waals surface area contributed by atoms with Crippen molar-refractivity contribution in [3.63, 3.8) is 0 Å². The molecule has 0 amide bonds. The summed E-state index contributed by atoms with van der Waals surface area (Å²) in [4.78, 5) is 32.5. The molecule has 0 N–H and O–H groups in total. The number of thiazole rings is 1. The lowest BCUT2D eigenvalue weighted by molar-refractivity contribution is -0.139. The third kappa shape index (κ3) is 5.13.